The molecule has 0 amide bonds. The zero-order valence-electron chi connectivity index (χ0n) is 14.0. The molecule has 0 saturated carbocycles. The number of piperidine rings is 1. The summed E-state index contributed by atoms with van der Waals surface area (Å²) in [6.07, 6.45) is 5.01. The molecule has 24 heavy (non-hydrogen) atoms. The van der Waals surface area contributed by atoms with Crippen molar-refractivity contribution in [2.24, 2.45) is 0 Å². The Bertz CT molecular complexity index is 747. The van der Waals surface area contributed by atoms with E-state index in [1.165, 1.54) is 32.4 Å². The average molecular weight is 321 g/mol. The molecule has 124 valence electrons. The monoisotopic (exact) mass is 321 g/mol. The van der Waals surface area contributed by atoms with Crippen molar-refractivity contribution in [3.05, 3.63) is 53.6 Å². The largest absolute Gasteiger partial charge is 0.493 e. The second-order valence-corrected chi connectivity index (χ2v) is 6.66. The molecule has 1 aliphatic carbocycles. The Morgan fingerprint density at radius 1 is 0.875 bits per heavy atom. The van der Waals surface area contributed by atoms with Gasteiger partial charge in [-0.25, -0.2) is 0 Å². The van der Waals surface area contributed by atoms with Gasteiger partial charge >= 0.3 is 0 Å². The Morgan fingerprint density at radius 2 is 1.62 bits per heavy atom. The summed E-state index contributed by atoms with van der Waals surface area (Å²) in [6.45, 7) is 4.18. The number of likely N-dealkylation sites (tertiary alicyclic amines) is 1. The first-order valence-electron chi connectivity index (χ1n) is 8.97. The van der Waals surface area contributed by atoms with Gasteiger partial charge in [-0.1, -0.05) is 42.8 Å². The fourth-order valence-electron chi connectivity index (χ4n) is 3.81. The summed E-state index contributed by atoms with van der Waals surface area (Å²) < 4.78 is 5.99. The number of nitrogens with zero attached hydrogens (tertiary/aromatic N) is 1. The lowest BCUT2D eigenvalue weighted by Crippen LogP contribution is -2.31. The number of carbonyl (C=O) groups is 1. The van der Waals surface area contributed by atoms with Gasteiger partial charge in [0.25, 0.3) is 0 Å². The van der Waals surface area contributed by atoms with Gasteiger partial charge in [-0.2, -0.15) is 0 Å². The highest BCUT2D eigenvalue weighted by Gasteiger charge is 2.29. The first kappa shape index (κ1) is 15.4. The molecule has 0 N–H and O–H groups in total. The van der Waals surface area contributed by atoms with Crippen molar-refractivity contribution in [1.82, 2.24) is 4.90 Å². The van der Waals surface area contributed by atoms with Crippen LogP contribution in [0.2, 0.25) is 0 Å². The Hall–Kier alpha value is -2.13. The van der Waals surface area contributed by atoms with Crippen LogP contribution in [-0.2, 0) is 0 Å². The minimum atomic E-state index is 0.0900. The second kappa shape index (κ2) is 6.78. The van der Waals surface area contributed by atoms with Crippen LogP contribution < -0.4 is 4.74 Å². The van der Waals surface area contributed by atoms with E-state index in [1.807, 2.05) is 42.5 Å². The first-order valence-corrected chi connectivity index (χ1v) is 8.97. The van der Waals surface area contributed by atoms with Gasteiger partial charge < -0.3 is 9.64 Å². The number of benzene rings is 2. The van der Waals surface area contributed by atoms with Crippen LogP contribution >= 0.6 is 0 Å². The van der Waals surface area contributed by atoms with E-state index >= 15 is 0 Å². The third kappa shape index (κ3) is 2.84. The number of rotatable bonds is 5. The van der Waals surface area contributed by atoms with Gasteiger partial charge in [0.15, 0.2) is 5.78 Å². The summed E-state index contributed by atoms with van der Waals surface area (Å²) in [6, 6.07) is 13.7. The molecule has 1 aliphatic heterocycles. The predicted molar refractivity (Wildman–Crippen MR) is 95.7 cm³/mol. The van der Waals surface area contributed by atoms with Crippen LogP contribution in [0, 0.1) is 0 Å². The first-order chi connectivity index (χ1) is 11.8. The van der Waals surface area contributed by atoms with E-state index in [0.717, 1.165) is 41.0 Å². The fourth-order valence-corrected chi connectivity index (χ4v) is 3.81. The minimum Gasteiger partial charge on any atom is -0.493 e. The lowest BCUT2D eigenvalue weighted by atomic mass is 10.1. The number of hydrogen-bond acceptors (Lipinski definition) is 3. The van der Waals surface area contributed by atoms with Crippen molar-refractivity contribution in [3.63, 3.8) is 0 Å². The van der Waals surface area contributed by atoms with E-state index in [2.05, 4.69) is 4.90 Å². The van der Waals surface area contributed by atoms with Gasteiger partial charge in [-0.05, 0) is 49.5 Å². The molecule has 1 fully saturated rings. The van der Waals surface area contributed by atoms with E-state index < -0.39 is 0 Å². The Kier molecular flexibility index (Phi) is 4.35. The lowest BCUT2D eigenvalue weighted by Gasteiger charge is -2.26. The molecular weight excluding hydrogens is 298 g/mol. The van der Waals surface area contributed by atoms with Crippen LogP contribution in [0.4, 0.5) is 0 Å². The maximum absolute atomic E-state index is 12.7. The normalized spacial score (nSPS) is 16.8. The van der Waals surface area contributed by atoms with Crippen molar-refractivity contribution in [3.8, 4) is 16.9 Å². The van der Waals surface area contributed by atoms with Crippen molar-refractivity contribution >= 4 is 5.78 Å². The molecule has 0 radical (unpaired) electrons. The van der Waals surface area contributed by atoms with Crippen LogP contribution in [0.15, 0.2) is 42.5 Å². The topological polar surface area (TPSA) is 29.5 Å². The summed E-state index contributed by atoms with van der Waals surface area (Å²) in [5.74, 6) is 0.819. The number of hydrogen-bond donors (Lipinski definition) is 0. The lowest BCUT2D eigenvalue weighted by molar-refractivity contribution is 0.103. The van der Waals surface area contributed by atoms with Gasteiger partial charge in [0.05, 0.1) is 12.2 Å². The molecule has 1 heterocycles. The molecular formula is C21H23NO2. The molecule has 0 bridgehead atoms. The summed E-state index contributed by atoms with van der Waals surface area (Å²) in [4.78, 5) is 15.2. The maximum Gasteiger partial charge on any atom is 0.198 e. The van der Waals surface area contributed by atoms with E-state index in [1.54, 1.807) is 0 Å². The van der Waals surface area contributed by atoms with Gasteiger partial charge in [0, 0.05) is 12.1 Å². The third-order valence-corrected chi connectivity index (χ3v) is 5.04. The summed E-state index contributed by atoms with van der Waals surface area (Å²) in [7, 11) is 0. The average Bonchev–Trinajstić information content (AvgIpc) is 2.94. The van der Waals surface area contributed by atoms with Gasteiger partial charge in [-0.15, -0.1) is 0 Å². The highest BCUT2D eigenvalue weighted by Crippen LogP contribution is 2.40. The standard InChI is InChI=1S/C21H23NO2/c23-21-18-9-3-2-8-16(18)17-10-6-11-19(20(17)21)24-15-7-14-22-12-4-1-5-13-22/h2-3,6,8-11H,1,4-5,7,12-15H2. The molecule has 2 aromatic carbocycles. The molecule has 0 spiro atoms. The Morgan fingerprint density at radius 3 is 2.46 bits per heavy atom. The SMILES string of the molecule is O=C1c2ccccc2-c2cccc(OCCCN3CCCCC3)c21. The van der Waals surface area contributed by atoms with E-state index in [4.69, 9.17) is 4.74 Å². The summed E-state index contributed by atoms with van der Waals surface area (Å²) in [5.41, 5.74) is 3.55. The molecule has 0 atom stereocenters. The molecule has 1 saturated heterocycles. The maximum atomic E-state index is 12.7. The zero-order valence-corrected chi connectivity index (χ0v) is 14.0. The van der Waals surface area contributed by atoms with Gasteiger partial charge in [0.1, 0.15) is 5.75 Å². The number of fused-ring (bicyclic) bond motifs is 3. The Balaban J connectivity index is 1.43. The van der Waals surface area contributed by atoms with Crippen LogP contribution in [0.25, 0.3) is 11.1 Å². The van der Waals surface area contributed by atoms with E-state index in [0.29, 0.717) is 6.61 Å². The number of ether oxygens (including phenoxy) is 1. The summed E-state index contributed by atoms with van der Waals surface area (Å²) in [5, 5.41) is 0. The smallest absolute Gasteiger partial charge is 0.198 e. The third-order valence-electron chi connectivity index (χ3n) is 5.04. The molecule has 3 nitrogen and oxygen atoms in total. The zero-order chi connectivity index (χ0) is 16.4. The van der Waals surface area contributed by atoms with Crippen LogP contribution in [0.1, 0.15) is 41.6 Å². The minimum absolute atomic E-state index is 0.0900. The quantitative estimate of drug-likeness (QED) is 0.661. The molecule has 4 rings (SSSR count). The predicted octanol–water partition coefficient (Wildman–Crippen LogP) is 4.15. The number of ketones is 1. The van der Waals surface area contributed by atoms with E-state index in [9.17, 15) is 4.79 Å². The van der Waals surface area contributed by atoms with Crippen molar-refractivity contribution in [1.29, 1.82) is 0 Å². The fraction of sp³-hybridized carbons (Fsp3) is 0.381. The van der Waals surface area contributed by atoms with Crippen molar-refractivity contribution < 1.29 is 9.53 Å². The second-order valence-electron chi connectivity index (χ2n) is 6.66. The van der Waals surface area contributed by atoms with Gasteiger partial charge in [-0.3, -0.25) is 4.79 Å². The highest BCUT2D eigenvalue weighted by atomic mass is 16.5. The number of carbonyl (C=O) groups excluding carboxylic acids is 1. The summed E-state index contributed by atoms with van der Waals surface area (Å²) >= 11 is 0. The molecule has 2 aliphatic rings. The molecule has 2 aromatic rings. The van der Waals surface area contributed by atoms with Gasteiger partial charge in [0.2, 0.25) is 0 Å². The Labute approximate surface area is 143 Å². The highest BCUT2D eigenvalue weighted by molar-refractivity contribution is 6.23. The molecule has 3 heteroatoms. The molecule has 0 aromatic heterocycles. The van der Waals surface area contributed by atoms with Crippen LogP contribution in [0.3, 0.4) is 0 Å². The van der Waals surface area contributed by atoms with Crippen LogP contribution in [0.5, 0.6) is 5.75 Å². The van der Waals surface area contributed by atoms with Crippen molar-refractivity contribution in [2.45, 2.75) is 25.7 Å². The van der Waals surface area contributed by atoms with Crippen molar-refractivity contribution in [2.75, 3.05) is 26.2 Å². The molecule has 0 unspecified atom stereocenters. The van der Waals surface area contributed by atoms with E-state index in [-0.39, 0.29) is 5.78 Å². The van der Waals surface area contributed by atoms with Crippen LogP contribution in [-0.4, -0.2) is 36.9 Å².